The van der Waals surface area contributed by atoms with Crippen LogP contribution < -0.4 is 5.48 Å². The van der Waals surface area contributed by atoms with Gasteiger partial charge < -0.3 is 0 Å². The van der Waals surface area contributed by atoms with Crippen LogP contribution >= 0.6 is 0 Å². The number of hydrogen-bond donors (Lipinski definition) is 2. The molecule has 0 aliphatic rings. The molecule has 1 unspecified atom stereocenters. The maximum absolute atomic E-state index is 9.36. The molecule has 0 saturated carbocycles. The van der Waals surface area contributed by atoms with Crippen molar-refractivity contribution >= 4 is 0 Å². The SMILES string of the molecule is C=C(NO)C(c1ccccc1)c1cccc(-c2ccccc2)c1. The summed E-state index contributed by atoms with van der Waals surface area (Å²) in [4.78, 5) is 0. The van der Waals surface area contributed by atoms with E-state index in [9.17, 15) is 5.21 Å². The van der Waals surface area contributed by atoms with E-state index in [1.165, 1.54) is 5.56 Å². The summed E-state index contributed by atoms with van der Waals surface area (Å²) >= 11 is 0. The highest BCUT2D eigenvalue weighted by molar-refractivity contribution is 5.64. The average Bonchev–Trinajstić information content (AvgIpc) is 2.64. The molecule has 0 aromatic heterocycles. The van der Waals surface area contributed by atoms with Gasteiger partial charge in [-0.3, -0.25) is 10.7 Å². The van der Waals surface area contributed by atoms with Crippen molar-refractivity contribution in [2.45, 2.75) is 5.92 Å². The lowest BCUT2D eigenvalue weighted by molar-refractivity contribution is 0.195. The molecule has 0 aliphatic heterocycles. The van der Waals surface area contributed by atoms with Crippen molar-refractivity contribution in [1.29, 1.82) is 0 Å². The van der Waals surface area contributed by atoms with Gasteiger partial charge in [0.1, 0.15) is 0 Å². The minimum absolute atomic E-state index is 0.107. The van der Waals surface area contributed by atoms with Crippen LogP contribution in [-0.4, -0.2) is 5.21 Å². The van der Waals surface area contributed by atoms with Gasteiger partial charge in [0.25, 0.3) is 0 Å². The number of rotatable bonds is 5. The molecular formula is C21H19NO. The monoisotopic (exact) mass is 301 g/mol. The van der Waals surface area contributed by atoms with Crippen molar-refractivity contribution in [3.63, 3.8) is 0 Å². The molecule has 0 radical (unpaired) electrons. The molecule has 2 N–H and O–H groups in total. The first kappa shape index (κ1) is 15.1. The molecule has 0 bridgehead atoms. The van der Waals surface area contributed by atoms with Crippen LogP contribution in [-0.2, 0) is 0 Å². The Labute approximate surface area is 136 Å². The first-order chi connectivity index (χ1) is 11.3. The molecule has 3 aromatic carbocycles. The second kappa shape index (κ2) is 6.95. The first-order valence-electron chi connectivity index (χ1n) is 7.59. The zero-order chi connectivity index (χ0) is 16.1. The molecule has 3 aromatic rings. The highest BCUT2D eigenvalue weighted by Gasteiger charge is 2.17. The summed E-state index contributed by atoms with van der Waals surface area (Å²) in [5.74, 6) is -0.107. The fourth-order valence-electron chi connectivity index (χ4n) is 2.83. The van der Waals surface area contributed by atoms with Crippen LogP contribution in [0.2, 0.25) is 0 Å². The van der Waals surface area contributed by atoms with Crippen molar-refractivity contribution < 1.29 is 5.21 Å². The summed E-state index contributed by atoms with van der Waals surface area (Å²) in [6.45, 7) is 3.97. The van der Waals surface area contributed by atoms with Gasteiger partial charge in [-0.15, -0.1) is 0 Å². The standard InChI is InChI=1S/C21H19NO/c1-16(22-23)21(18-11-6-3-7-12-18)20-14-8-13-19(15-20)17-9-4-2-5-10-17/h2-15,21-23H,1H2. The summed E-state index contributed by atoms with van der Waals surface area (Å²) in [6.07, 6.45) is 0. The number of benzene rings is 3. The van der Waals surface area contributed by atoms with Crippen LogP contribution in [0.5, 0.6) is 0 Å². The van der Waals surface area contributed by atoms with E-state index in [1.54, 1.807) is 0 Å². The highest BCUT2D eigenvalue weighted by Crippen LogP contribution is 2.32. The molecule has 0 amide bonds. The van der Waals surface area contributed by atoms with E-state index in [2.05, 4.69) is 42.4 Å². The van der Waals surface area contributed by atoms with Crippen molar-refractivity contribution in [2.24, 2.45) is 0 Å². The average molecular weight is 301 g/mol. The van der Waals surface area contributed by atoms with Crippen LogP contribution in [0, 0.1) is 0 Å². The summed E-state index contributed by atoms with van der Waals surface area (Å²) in [7, 11) is 0. The van der Waals surface area contributed by atoms with Crippen LogP contribution in [0.4, 0.5) is 0 Å². The predicted molar refractivity (Wildman–Crippen MR) is 94.2 cm³/mol. The lowest BCUT2D eigenvalue weighted by atomic mass is 9.87. The van der Waals surface area contributed by atoms with Crippen LogP contribution in [0.1, 0.15) is 17.0 Å². The normalized spacial score (nSPS) is 11.7. The zero-order valence-corrected chi connectivity index (χ0v) is 12.8. The smallest absolute Gasteiger partial charge is 0.0504 e. The molecule has 1 atom stereocenters. The molecule has 0 saturated heterocycles. The van der Waals surface area contributed by atoms with Crippen molar-refractivity contribution in [3.8, 4) is 11.1 Å². The minimum Gasteiger partial charge on any atom is -0.291 e. The number of hydroxylamine groups is 1. The molecule has 0 aliphatic carbocycles. The molecule has 3 rings (SSSR count). The lowest BCUT2D eigenvalue weighted by Gasteiger charge is -2.20. The zero-order valence-electron chi connectivity index (χ0n) is 12.8. The van der Waals surface area contributed by atoms with Crippen molar-refractivity contribution in [2.75, 3.05) is 0 Å². The Kier molecular flexibility index (Phi) is 4.55. The Morgan fingerprint density at radius 3 is 1.96 bits per heavy atom. The van der Waals surface area contributed by atoms with E-state index in [-0.39, 0.29) is 5.92 Å². The Morgan fingerprint density at radius 1 is 0.739 bits per heavy atom. The topological polar surface area (TPSA) is 32.3 Å². The van der Waals surface area contributed by atoms with E-state index in [4.69, 9.17) is 0 Å². The Hall–Kier alpha value is -2.84. The van der Waals surface area contributed by atoms with Crippen LogP contribution in [0.15, 0.2) is 97.2 Å². The van der Waals surface area contributed by atoms with Crippen molar-refractivity contribution in [1.82, 2.24) is 5.48 Å². The van der Waals surface area contributed by atoms with Crippen LogP contribution in [0.25, 0.3) is 11.1 Å². The third kappa shape index (κ3) is 3.33. The van der Waals surface area contributed by atoms with E-state index in [1.807, 2.05) is 54.6 Å². The molecule has 0 spiro atoms. The third-order valence-electron chi connectivity index (χ3n) is 3.95. The van der Waals surface area contributed by atoms with E-state index >= 15 is 0 Å². The third-order valence-corrected chi connectivity index (χ3v) is 3.95. The molecule has 2 nitrogen and oxygen atoms in total. The molecule has 114 valence electrons. The fourth-order valence-corrected chi connectivity index (χ4v) is 2.83. The quantitative estimate of drug-likeness (QED) is 0.652. The first-order valence-corrected chi connectivity index (χ1v) is 7.59. The van der Waals surface area contributed by atoms with Crippen molar-refractivity contribution in [3.05, 3.63) is 108 Å². The molecular weight excluding hydrogens is 282 g/mol. The van der Waals surface area contributed by atoms with Gasteiger partial charge in [0.2, 0.25) is 0 Å². The van der Waals surface area contributed by atoms with E-state index in [0.717, 1.165) is 16.7 Å². The Bertz CT molecular complexity index is 781. The fraction of sp³-hybridized carbons (Fsp3) is 0.0476. The van der Waals surface area contributed by atoms with Gasteiger partial charge in [-0.1, -0.05) is 91.5 Å². The van der Waals surface area contributed by atoms with Gasteiger partial charge in [-0.05, 0) is 22.3 Å². The van der Waals surface area contributed by atoms with Gasteiger partial charge in [0, 0.05) is 5.70 Å². The van der Waals surface area contributed by atoms with Gasteiger partial charge in [0.05, 0.1) is 5.92 Å². The van der Waals surface area contributed by atoms with E-state index in [0.29, 0.717) is 5.70 Å². The maximum atomic E-state index is 9.36. The van der Waals surface area contributed by atoms with Gasteiger partial charge in [0.15, 0.2) is 0 Å². The second-order valence-electron chi connectivity index (χ2n) is 5.47. The Morgan fingerprint density at radius 2 is 1.30 bits per heavy atom. The highest BCUT2D eigenvalue weighted by atomic mass is 16.5. The number of allylic oxidation sites excluding steroid dienone is 1. The maximum Gasteiger partial charge on any atom is 0.0504 e. The molecule has 23 heavy (non-hydrogen) atoms. The summed E-state index contributed by atoms with van der Waals surface area (Å²) in [5.41, 5.74) is 7.28. The molecule has 2 heteroatoms. The number of nitrogens with one attached hydrogen (secondary N) is 1. The summed E-state index contributed by atoms with van der Waals surface area (Å²) < 4.78 is 0. The summed E-state index contributed by atoms with van der Waals surface area (Å²) in [5, 5.41) is 9.36. The summed E-state index contributed by atoms with van der Waals surface area (Å²) in [6, 6.07) is 28.7. The molecule has 0 heterocycles. The van der Waals surface area contributed by atoms with Crippen LogP contribution in [0.3, 0.4) is 0 Å². The van der Waals surface area contributed by atoms with Gasteiger partial charge in [-0.25, -0.2) is 0 Å². The second-order valence-corrected chi connectivity index (χ2v) is 5.47. The lowest BCUT2D eigenvalue weighted by Crippen LogP contribution is -2.15. The minimum atomic E-state index is -0.107. The van der Waals surface area contributed by atoms with Gasteiger partial charge in [-0.2, -0.15) is 0 Å². The predicted octanol–water partition coefficient (Wildman–Crippen LogP) is 4.98. The largest absolute Gasteiger partial charge is 0.291 e. The van der Waals surface area contributed by atoms with E-state index < -0.39 is 0 Å². The number of hydrogen-bond acceptors (Lipinski definition) is 2. The van der Waals surface area contributed by atoms with Gasteiger partial charge >= 0.3 is 0 Å². The molecule has 0 fully saturated rings. The Balaban J connectivity index is 2.05.